The molecule has 2 aromatic carbocycles. The zero-order chi connectivity index (χ0) is 13.6. The van der Waals surface area contributed by atoms with Crippen LogP contribution in [-0.4, -0.2) is 30.0 Å². The number of carbonyl (C=O) groups excluding carboxylic acids is 1. The Morgan fingerprint density at radius 1 is 0.947 bits per heavy atom. The summed E-state index contributed by atoms with van der Waals surface area (Å²) in [4.78, 5) is 13.9. The van der Waals surface area contributed by atoms with Gasteiger partial charge in [-0.3, -0.25) is 4.79 Å². The first-order valence-electron chi connectivity index (χ1n) is 6.20. The number of aliphatic hydroxyl groups is 1. The lowest BCUT2D eigenvalue weighted by atomic mass is 9.90. The second-order valence-electron chi connectivity index (χ2n) is 5.00. The van der Waals surface area contributed by atoms with Gasteiger partial charge in [-0.1, -0.05) is 48.5 Å². The lowest BCUT2D eigenvalue weighted by Crippen LogP contribution is -2.43. The molecular formula is C16H15NO2. The molecule has 0 atom stereocenters. The highest BCUT2D eigenvalue weighted by molar-refractivity contribution is 5.98. The number of rotatable bonds is 1. The lowest BCUT2D eigenvalue weighted by molar-refractivity contribution is -0.145. The van der Waals surface area contributed by atoms with Gasteiger partial charge in [0, 0.05) is 25.2 Å². The molecule has 19 heavy (non-hydrogen) atoms. The van der Waals surface area contributed by atoms with E-state index < -0.39 is 5.60 Å². The summed E-state index contributed by atoms with van der Waals surface area (Å²) >= 11 is 0. The van der Waals surface area contributed by atoms with Crippen LogP contribution in [0.2, 0.25) is 0 Å². The van der Waals surface area contributed by atoms with Crippen molar-refractivity contribution < 1.29 is 9.90 Å². The number of likely N-dealkylation sites (N-methyl/N-ethyl adjacent to an activating group) is 1. The molecule has 0 saturated heterocycles. The lowest BCUT2D eigenvalue weighted by Gasteiger charge is -2.27. The number of hydrogen-bond acceptors (Lipinski definition) is 2. The Hall–Kier alpha value is -2.13. The number of hydrogen-bond donors (Lipinski definition) is 1. The van der Waals surface area contributed by atoms with Gasteiger partial charge in [-0.2, -0.15) is 0 Å². The number of benzene rings is 2. The molecule has 0 aromatic heterocycles. The zero-order valence-electron chi connectivity index (χ0n) is 10.9. The topological polar surface area (TPSA) is 40.5 Å². The van der Waals surface area contributed by atoms with E-state index >= 15 is 0 Å². The van der Waals surface area contributed by atoms with Crippen molar-refractivity contribution in [3.8, 4) is 11.1 Å². The molecule has 3 rings (SSSR count). The number of nitrogens with zero attached hydrogens (tertiary/aromatic N) is 1. The SMILES string of the molecule is CN(C)C(=O)C1(O)c2ccccc2-c2ccccc21. The third-order valence-corrected chi connectivity index (χ3v) is 3.64. The summed E-state index contributed by atoms with van der Waals surface area (Å²) in [5.41, 5.74) is 1.60. The molecule has 3 nitrogen and oxygen atoms in total. The molecule has 1 N–H and O–H groups in total. The average molecular weight is 253 g/mol. The van der Waals surface area contributed by atoms with Gasteiger partial charge in [0.25, 0.3) is 5.91 Å². The van der Waals surface area contributed by atoms with Crippen LogP contribution >= 0.6 is 0 Å². The monoisotopic (exact) mass is 253 g/mol. The van der Waals surface area contributed by atoms with Gasteiger partial charge in [-0.15, -0.1) is 0 Å². The molecule has 0 heterocycles. The second kappa shape index (κ2) is 3.93. The van der Waals surface area contributed by atoms with Crippen molar-refractivity contribution >= 4 is 5.91 Å². The molecule has 0 saturated carbocycles. The third-order valence-electron chi connectivity index (χ3n) is 3.64. The van der Waals surface area contributed by atoms with Crippen molar-refractivity contribution in [3.63, 3.8) is 0 Å². The first-order chi connectivity index (χ1) is 9.06. The predicted molar refractivity (Wildman–Crippen MR) is 73.6 cm³/mol. The Balaban J connectivity index is 2.34. The van der Waals surface area contributed by atoms with Crippen LogP contribution in [0.4, 0.5) is 0 Å². The van der Waals surface area contributed by atoms with Crippen molar-refractivity contribution in [3.05, 3.63) is 59.7 Å². The highest BCUT2D eigenvalue weighted by Gasteiger charge is 2.48. The molecule has 1 aliphatic carbocycles. The fraction of sp³-hybridized carbons (Fsp3) is 0.188. The first kappa shape index (κ1) is 11.9. The van der Waals surface area contributed by atoms with Gasteiger partial charge >= 0.3 is 0 Å². The molecule has 0 radical (unpaired) electrons. The minimum Gasteiger partial charge on any atom is -0.372 e. The van der Waals surface area contributed by atoms with Crippen molar-refractivity contribution in [2.24, 2.45) is 0 Å². The van der Waals surface area contributed by atoms with E-state index in [0.29, 0.717) is 11.1 Å². The third kappa shape index (κ3) is 1.45. The fourth-order valence-electron chi connectivity index (χ4n) is 2.77. The molecule has 0 bridgehead atoms. The first-order valence-corrected chi connectivity index (χ1v) is 6.20. The van der Waals surface area contributed by atoms with Crippen LogP contribution in [-0.2, 0) is 10.4 Å². The summed E-state index contributed by atoms with van der Waals surface area (Å²) in [5.74, 6) is -0.315. The van der Waals surface area contributed by atoms with E-state index in [1.807, 2.05) is 48.5 Å². The predicted octanol–water partition coefficient (Wildman–Crippen LogP) is 1.99. The molecule has 3 heteroatoms. The molecule has 1 amide bonds. The van der Waals surface area contributed by atoms with E-state index in [1.165, 1.54) is 4.90 Å². The average Bonchev–Trinajstić information content (AvgIpc) is 2.70. The van der Waals surface area contributed by atoms with Crippen molar-refractivity contribution in [2.45, 2.75) is 5.60 Å². The summed E-state index contributed by atoms with van der Waals surface area (Å²) in [5, 5.41) is 11.0. The quantitative estimate of drug-likeness (QED) is 0.844. The Kier molecular flexibility index (Phi) is 2.47. The van der Waals surface area contributed by atoms with Crippen LogP contribution in [0.1, 0.15) is 11.1 Å². The largest absolute Gasteiger partial charge is 0.372 e. The van der Waals surface area contributed by atoms with E-state index in [1.54, 1.807) is 14.1 Å². The Morgan fingerprint density at radius 3 is 1.79 bits per heavy atom. The Bertz CT molecular complexity index is 616. The van der Waals surface area contributed by atoms with Crippen molar-refractivity contribution in [1.29, 1.82) is 0 Å². The van der Waals surface area contributed by atoms with Crippen molar-refractivity contribution in [2.75, 3.05) is 14.1 Å². The van der Waals surface area contributed by atoms with Crippen LogP contribution in [0.5, 0.6) is 0 Å². The molecule has 1 aliphatic rings. The van der Waals surface area contributed by atoms with Crippen LogP contribution in [0, 0.1) is 0 Å². The minimum atomic E-state index is -1.57. The normalized spacial score (nSPS) is 14.7. The van der Waals surface area contributed by atoms with Gasteiger partial charge in [-0.05, 0) is 11.1 Å². The Labute approximate surface area is 112 Å². The highest BCUT2D eigenvalue weighted by atomic mass is 16.3. The summed E-state index contributed by atoms with van der Waals surface area (Å²) in [6.45, 7) is 0. The smallest absolute Gasteiger partial charge is 0.263 e. The van der Waals surface area contributed by atoms with Gasteiger partial charge in [0.2, 0.25) is 0 Å². The number of fused-ring (bicyclic) bond motifs is 3. The molecule has 0 fully saturated rings. The van der Waals surface area contributed by atoms with E-state index in [4.69, 9.17) is 0 Å². The standard InChI is InChI=1S/C16H15NO2/c1-17(2)15(18)16(19)13-9-5-3-7-11(13)12-8-4-6-10-14(12)16/h3-10,19H,1-2H3. The van der Waals surface area contributed by atoms with Crippen LogP contribution in [0.25, 0.3) is 11.1 Å². The molecule has 2 aromatic rings. The maximum Gasteiger partial charge on any atom is 0.263 e. The summed E-state index contributed by atoms with van der Waals surface area (Å²) < 4.78 is 0. The summed E-state index contributed by atoms with van der Waals surface area (Å²) in [6.07, 6.45) is 0. The van der Waals surface area contributed by atoms with Crippen LogP contribution < -0.4 is 0 Å². The second-order valence-corrected chi connectivity index (χ2v) is 5.00. The van der Waals surface area contributed by atoms with E-state index in [0.717, 1.165) is 11.1 Å². The minimum absolute atomic E-state index is 0.315. The van der Waals surface area contributed by atoms with Crippen molar-refractivity contribution in [1.82, 2.24) is 4.90 Å². The van der Waals surface area contributed by atoms with Gasteiger partial charge in [-0.25, -0.2) is 0 Å². The van der Waals surface area contributed by atoms with Gasteiger partial charge in [0.1, 0.15) is 0 Å². The molecule has 0 unspecified atom stereocenters. The molecule has 0 aliphatic heterocycles. The fourth-order valence-corrected chi connectivity index (χ4v) is 2.77. The highest BCUT2D eigenvalue weighted by Crippen LogP contribution is 2.47. The van der Waals surface area contributed by atoms with E-state index in [-0.39, 0.29) is 5.91 Å². The molecule has 0 spiro atoms. The molecular weight excluding hydrogens is 238 g/mol. The summed E-state index contributed by atoms with van der Waals surface area (Å²) in [7, 11) is 3.31. The van der Waals surface area contributed by atoms with Crippen LogP contribution in [0.3, 0.4) is 0 Å². The van der Waals surface area contributed by atoms with E-state index in [2.05, 4.69) is 0 Å². The maximum absolute atomic E-state index is 12.5. The zero-order valence-corrected chi connectivity index (χ0v) is 10.9. The van der Waals surface area contributed by atoms with Crippen LogP contribution in [0.15, 0.2) is 48.5 Å². The molecule has 96 valence electrons. The maximum atomic E-state index is 12.5. The van der Waals surface area contributed by atoms with Gasteiger partial charge in [0.15, 0.2) is 5.60 Å². The van der Waals surface area contributed by atoms with Gasteiger partial charge in [0.05, 0.1) is 0 Å². The van der Waals surface area contributed by atoms with E-state index in [9.17, 15) is 9.90 Å². The van der Waals surface area contributed by atoms with Gasteiger partial charge < -0.3 is 10.0 Å². The Morgan fingerprint density at radius 2 is 1.37 bits per heavy atom. The summed E-state index contributed by atoms with van der Waals surface area (Å²) in [6, 6.07) is 15.0. The number of amides is 1. The number of carbonyl (C=O) groups is 1.